The molecule has 0 aliphatic carbocycles. The molecule has 0 heterocycles. The van der Waals surface area contributed by atoms with Crippen LogP contribution >= 0.6 is 0 Å². The number of rotatable bonds is 32. The number of allylic oxidation sites excluding steroid dienone is 4. The summed E-state index contributed by atoms with van der Waals surface area (Å²) in [6.45, 7) is 6.37. The van der Waals surface area contributed by atoms with Gasteiger partial charge in [-0.25, -0.2) is 0 Å². The van der Waals surface area contributed by atoms with Crippen LogP contribution in [0.2, 0.25) is 0 Å². The molecule has 0 aromatic heterocycles. The predicted molar refractivity (Wildman–Crippen MR) is 178 cm³/mol. The Hall–Kier alpha value is -1.18. The molecule has 0 fully saturated rings. The van der Waals surface area contributed by atoms with Gasteiger partial charge in [-0.2, -0.15) is 0 Å². The van der Waals surface area contributed by atoms with Gasteiger partial charge in [0, 0.05) is 12.8 Å². The Kier molecular flexibility index (Phi) is 31.4. The van der Waals surface area contributed by atoms with E-state index in [4.69, 9.17) is 0 Å². The highest BCUT2D eigenvalue weighted by atomic mass is 16.1. The van der Waals surface area contributed by atoms with Gasteiger partial charge >= 0.3 is 0 Å². The summed E-state index contributed by atoms with van der Waals surface area (Å²) in [6, 6.07) is 0. The Morgan fingerprint density at radius 3 is 0.950 bits per heavy atom. The Morgan fingerprint density at radius 2 is 0.650 bits per heavy atom. The van der Waals surface area contributed by atoms with Gasteiger partial charge in [0.15, 0.2) is 0 Å². The second kappa shape index (κ2) is 32.3. The zero-order valence-electron chi connectivity index (χ0n) is 27.5. The summed E-state index contributed by atoms with van der Waals surface area (Å²) < 4.78 is 0. The Bertz CT molecular complexity index is 551. The largest absolute Gasteiger partial charge is 0.299 e. The van der Waals surface area contributed by atoms with Crippen LogP contribution in [0, 0.1) is 5.92 Å². The van der Waals surface area contributed by atoms with Gasteiger partial charge in [0.1, 0.15) is 11.6 Å². The van der Waals surface area contributed by atoms with E-state index < -0.39 is 5.92 Å². The van der Waals surface area contributed by atoms with E-state index in [1.807, 2.05) is 6.92 Å². The van der Waals surface area contributed by atoms with Gasteiger partial charge in [-0.3, -0.25) is 9.59 Å². The molecule has 0 amide bonds. The third kappa shape index (κ3) is 28.4. The van der Waals surface area contributed by atoms with E-state index in [2.05, 4.69) is 38.2 Å². The lowest BCUT2D eigenvalue weighted by Crippen LogP contribution is -2.20. The maximum absolute atomic E-state index is 12.4. The summed E-state index contributed by atoms with van der Waals surface area (Å²) in [7, 11) is 0. The van der Waals surface area contributed by atoms with Crippen LogP contribution in [0.3, 0.4) is 0 Å². The van der Waals surface area contributed by atoms with Crippen LogP contribution in [0.4, 0.5) is 0 Å². The summed E-state index contributed by atoms with van der Waals surface area (Å²) in [5, 5.41) is 0. The summed E-state index contributed by atoms with van der Waals surface area (Å²) in [6.07, 6.45) is 43.5. The van der Waals surface area contributed by atoms with Crippen molar-refractivity contribution in [2.75, 3.05) is 0 Å². The Balaban J connectivity index is 3.51. The average molecular weight is 559 g/mol. The van der Waals surface area contributed by atoms with Gasteiger partial charge < -0.3 is 0 Å². The highest BCUT2D eigenvalue weighted by molar-refractivity contribution is 6.01. The van der Waals surface area contributed by atoms with Crippen molar-refractivity contribution in [3.63, 3.8) is 0 Å². The molecule has 0 unspecified atom stereocenters. The summed E-state index contributed by atoms with van der Waals surface area (Å²) in [4.78, 5) is 24.9. The maximum Gasteiger partial charge on any atom is 0.143 e. The molecular weight excluding hydrogens is 488 g/mol. The molecule has 0 N–H and O–H groups in total. The molecule has 0 saturated carbocycles. The second-order valence-corrected chi connectivity index (χ2v) is 12.3. The topological polar surface area (TPSA) is 34.1 Å². The van der Waals surface area contributed by atoms with Crippen LogP contribution in [0.25, 0.3) is 0 Å². The van der Waals surface area contributed by atoms with Crippen LogP contribution in [-0.4, -0.2) is 11.6 Å². The zero-order valence-corrected chi connectivity index (χ0v) is 27.5. The van der Waals surface area contributed by atoms with Crippen molar-refractivity contribution in [1.29, 1.82) is 0 Å². The van der Waals surface area contributed by atoms with Crippen LogP contribution in [0.5, 0.6) is 0 Å². The molecule has 0 aromatic carbocycles. The minimum absolute atomic E-state index is 0.162. The second-order valence-electron chi connectivity index (χ2n) is 12.3. The summed E-state index contributed by atoms with van der Waals surface area (Å²) >= 11 is 0. The van der Waals surface area contributed by atoms with Gasteiger partial charge in [0.25, 0.3) is 0 Å². The monoisotopic (exact) mass is 559 g/mol. The quantitative estimate of drug-likeness (QED) is 0.0467. The molecule has 0 saturated heterocycles. The molecular formula is C38H70O2. The van der Waals surface area contributed by atoms with Crippen molar-refractivity contribution in [2.24, 2.45) is 5.92 Å². The van der Waals surface area contributed by atoms with Crippen LogP contribution in [0.1, 0.15) is 201 Å². The van der Waals surface area contributed by atoms with Gasteiger partial charge in [0.2, 0.25) is 0 Å². The number of carbonyl (C=O) groups is 2. The Morgan fingerprint density at radius 1 is 0.400 bits per heavy atom. The SMILES string of the molecule is CCCCCCCCC=CCCCCCCCC(=O)C(C)C(=O)CCCCCCCC=CCCCCCCCC. The number of Topliss-reactive ketones (excluding diaryl/α,β-unsaturated/α-hetero) is 2. The number of ketones is 2. The normalized spacial score (nSPS) is 12.6. The highest BCUT2D eigenvalue weighted by Crippen LogP contribution is 2.15. The zero-order chi connectivity index (χ0) is 29.4. The lowest BCUT2D eigenvalue weighted by atomic mass is 9.93. The smallest absolute Gasteiger partial charge is 0.143 e. The van der Waals surface area contributed by atoms with Crippen molar-refractivity contribution in [3.05, 3.63) is 24.3 Å². The lowest BCUT2D eigenvalue weighted by Gasteiger charge is -2.09. The van der Waals surface area contributed by atoms with E-state index in [1.165, 1.54) is 141 Å². The number of hydrogen-bond acceptors (Lipinski definition) is 2. The first-order valence-corrected chi connectivity index (χ1v) is 18.0. The minimum Gasteiger partial charge on any atom is -0.299 e. The van der Waals surface area contributed by atoms with E-state index in [1.54, 1.807) is 0 Å². The molecule has 0 aliphatic heterocycles. The predicted octanol–water partition coefficient (Wildman–Crippen LogP) is 12.8. The fourth-order valence-corrected chi connectivity index (χ4v) is 5.35. The molecule has 234 valence electrons. The fraction of sp³-hybridized carbons (Fsp3) is 0.842. The Labute approximate surface area is 251 Å². The van der Waals surface area contributed by atoms with E-state index in [9.17, 15) is 9.59 Å². The maximum atomic E-state index is 12.4. The first-order valence-electron chi connectivity index (χ1n) is 18.0. The molecule has 0 radical (unpaired) electrons. The van der Waals surface area contributed by atoms with Crippen molar-refractivity contribution >= 4 is 11.6 Å². The lowest BCUT2D eigenvalue weighted by molar-refractivity contribution is -0.132. The molecule has 0 aliphatic rings. The number of carbonyl (C=O) groups excluding carboxylic acids is 2. The van der Waals surface area contributed by atoms with Gasteiger partial charge in [-0.1, -0.05) is 141 Å². The molecule has 2 nitrogen and oxygen atoms in total. The molecule has 0 bridgehead atoms. The third-order valence-corrected chi connectivity index (χ3v) is 8.34. The van der Waals surface area contributed by atoms with E-state index in [0.717, 1.165) is 25.7 Å². The van der Waals surface area contributed by atoms with Gasteiger partial charge in [-0.05, 0) is 71.1 Å². The van der Waals surface area contributed by atoms with Crippen molar-refractivity contribution in [3.8, 4) is 0 Å². The fourth-order valence-electron chi connectivity index (χ4n) is 5.35. The average Bonchev–Trinajstić information content (AvgIpc) is 2.96. The molecule has 2 heteroatoms. The minimum atomic E-state index is -0.395. The molecule has 0 rings (SSSR count). The van der Waals surface area contributed by atoms with E-state index >= 15 is 0 Å². The van der Waals surface area contributed by atoms with Crippen molar-refractivity contribution in [1.82, 2.24) is 0 Å². The van der Waals surface area contributed by atoms with Gasteiger partial charge in [-0.15, -0.1) is 0 Å². The third-order valence-electron chi connectivity index (χ3n) is 8.34. The first-order chi connectivity index (χ1) is 19.6. The molecule has 40 heavy (non-hydrogen) atoms. The highest BCUT2D eigenvalue weighted by Gasteiger charge is 2.19. The summed E-state index contributed by atoms with van der Waals surface area (Å²) in [5.41, 5.74) is 0. The van der Waals surface area contributed by atoms with Crippen LogP contribution < -0.4 is 0 Å². The van der Waals surface area contributed by atoms with Crippen molar-refractivity contribution in [2.45, 2.75) is 201 Å². The first kappa shape index (κ1) is 38.8. The summed E-state index contributed by atoms with van der Waals surface area (Å²) in [5.74, 6) is -0.0701. The molecule has 0 spiro atoms. The van der Waals surface area contributed by atoms with Gasteiger partial charge in [0.05, 0.1) is 5.92 Å². The van der Waals surface area contributed by atoms with E-state index in [0.29, 0.717) is 12.8 Å². The molecule has 0 aromatic rings. The van der Waals surface area contributed by atoms with Crippen molar-refractivity contribution < 1.29 is 9.59 Å². The standard InChI is InChI=1S/C38H70O2/c1-4-6-8-10-12-14-16-18-20-22-24-26-28-30-32-34-37(39)36(3)38(40)35-33-31-29-27-25-23-21-19-17-15-13-11-9-7-5-2/h18-21,36H,4-17,22-35H2,1-3H3. The van der Waals surface area contributed by atoms with Crippen LogP contribution in [0.15, 0.2) is 24.3 Å². The molecule has 0 atom stereocenters. The van der Waals surface area contributed by atoms with E-state index in [-0.39, 0.29) is 11.6 Å². The number of hydrogen-bond donors (Lipinski definition) is 0. The van der Waals surface area contributed by atoms with Crippen LogP contribution in [-0.2, 0) is 9.59 Å². The number of unbranched alkanes of at least 4 members (excludes halogenated alkanes) is 22.